The Morgan fingerprint density at radius 2 is 2.30 bits per heavy atom. The number of carbonyl (C=O) groups is 1. The molecule has 6 heteroatoms. The van der Waals surface area contributed by atoms with Crippen LogP contribution in [0.25, 0.3) is 0 Å². The summed E-state index contributed by atoms with van der Waals surface area (Å²) < 4.78 is 16.3. The third kappa shape index (κ3) is 3.20. The first kappa shape index (κ1) is 14.6. The molecular formula is C14H18O6. The van der Waals surface area contributed by atoms with E-state index in [1.165, 1.54) is 13.2 Å². The predicted molar refractivity (Wildman–Crippen MR) is 70.1 cm³/mol. The minimum absolute atomic E-state index is 0.167. The predicted octanol–water partition coefficient (Wildman–Crippen LogP) is 1.37. The molecule has 0 amide bonds. The van der Waals surface area contributed by atoms with Gasteiger partial charge in [0.1, 0.15) is 6.10 Å². The first-order valence-electron chi connectivity index (χ1n) is 6.45. The summed E-state index contributed by atoms with van der Waals surface area (Å²) in [6.45, 7) is 1.15. The number of aliphatic hydroxyl groups is 1. The van der Waals surface area contributed by atoms with Crippen LogP contribution in [-0.2, 0) is 9.53 Å². The molecule has 110 valence electrons. The molecule has 2 N–H and O–H groups in total. The van der Waals surface area contributed by atoms with Gasteiger partial charge in [-0.2, -0.15) is 0 Å². The van der Waals surface area contributed by atoms with Gasteiger partial charge in [-0.1, -0.05) is 12.1 Å². The standard InChI is InChI=1S/C14H18O6/c1-18-11-6-2-5-10(12(15)14(16)17)13(11)20-9-4-3-7-19-8-9/h2,5-6,9,12,15H,3-4,7-8H2,1H3,(H,16,17). The first-order chi connectivity index (χ1) is 9.63. The van der Waals surface area contributed by atoms with E-state index in [1.807, 2.05) is 0 Å². The zero-order valence-electron chi connectivity index (χ0n) is 11.2. The molecule has 20 heavy (non-hydrogen) atoms. The lowest BCUT2D eigenvalue weighted by molar-refractivity contribution is -0.147. The molecule has 1 aliphatic rings. The van der Waals surface area contributed by atoms with Crippen LogP contribution < -0.4 is 9.47 Å². The molecule has 1 aliphatic heterocycles. The van der Waals surface area contributed by atoms with Gasteiger partial charge < -0.3 is 24.4 Å². The number of carboxylic acid groups (broad SMARTS) is 1. The van der Waals surface area contributed by atoms with Gasteiger partial charge in [0.05, 0.1) is 13.7 Å². The highest BCUT2D eigenvalue weighted by atomic mass is 16.5. The van der Waals surface area contributed by atoms with E-state index < -0.39 is 12.1 Å². The Hall–Kier alpha value is -1.79. The summed E-state index contributed by atoms with van der Waals surface area (Å²) in [4.78, 5) is 11.0. The van der Waals surface area contributed by atoms with E-state index in [0.29, 0.717) is 19.0 Å². The van der Waals surface area contributed by atoms with Gasteiger partial charge in [0.15, 0.2) is 17.6 Å². The van der Waals surface area contributed by atoms with Crippen LogP contribution in [0.5, 0.6) is 11.5 Å². The lowest BCUT2D eigenvalue weighted by Gasteiger charge is -2.26. The minimum Gasteiger partial charge on any atom is -0.493 e. The Morgan fingerprint density at radius 1 is 1.50 bits per heavy atom. The Balaban J connectivity index is 2.29. The maximum atomic E-state index is 11.0. The minimum atomic E-state index is -1.65. The van der Waals surface area contributed by atoms with E-state index in [1.54, 1.807) is 12.1 Å². The fourth-order valence-electron chi connectivity index (χ4n) is 2.14. The van der Waals surface area contributed by atoms with Crippen LogP contribution in [0.2, 0.25) is 0 Å². The molecule has 2 atom stereocenters. The van der Waals surface area contributed by atoms with E-state index in [2.05, 4.69) is 0 Å². The number of aliphatic hydroxyl groups excluding tert-OH is 1. The highest BCUT2D eigenvalue weighted by Gasteiger charge is 2.26. The number of para-hydroxylation sites is 1. The van der Waals surface area contributed by atoms with Crippen LogP contribution in [-0.4, -0.2) is 42.6 Å². The van der Waals surface area contributed by atoms with E-state index in [0.717, 1.165) is 12.8 Å². The number of aliphatic carboxylic acids is 1. The summed E-state index contributed by atoms with van der Waals surface area (Å²) in [5.74, 6) is -0.670. The van der Waals surface area contributed by atoms with Gasteiger partial charge in [0.2, 0.25) is 0 Å². The average molecular weight is 282 g/mol. The number of carboxylic acids is 1. The zero-order chi connectivity index (χ0) is 14.5. The second-order valence-corrected chi connectivity index (χ2v) is 4.58. The van der Waals surface area contributed by atoms with Crippen LogP contribution in [0.3, 0.4) is 0 Å². The quantitative estimate of drug-likeness (QED) is 0.848. The van der Waals surface area contributed by atoms with Crippen molar-refractivity contribution in [3.63, 3.8) is 0 Å². The van der Waals surface area contributed by atoms with E-state index in [4.69, 9.17) is 19.3 Å². The van der Waals surface area contributed by atoms with Gasteiger partial charge in [0, 0.05) is 12.2 Å². The summed E-state index contributed by atoms with van der Waals surface area (Å²) in [6.07, 6.45) is -0.110. The smallest absolute Gasteiger partial charge is 0.337 e. The van der Waals surface area contributed by atoms with Crippen molar-refractivity contribution in [3.05, 3.63) is 23.8 Å². The molecule has 0 radical (unpaired) electrons. The summed E-state index contributed by atoms with van der Waals surface area (Å²) in [5.41, 5.74) is 0.183. The molecule has 1 aromatic rings. The molecule has 2 unspecified atom stereocenters. The second kappa shape index (κ2) is 6.58. The van der Waals surface area contributed by atoms with Crippen molar-refractivity contribution in [2.45, 2.75) is 25.0 Å². The van der Waals surface area contributed by atoms with Crippen molar-refractivity contribution in [1.29, 1.82) is 0 Å². The normalized spacial score (nSPS) is 20.2. The lowest BCUT2D eigenvalue weighted by atomic mass is 10.1. The summed E-state index contributed by atoms with van der Waals surface area (Å²) in [6, 6.07) is 4.79. The monoisotopic (exact) mass is 282 g/mol. The first-order valence-corrected chi connectivity index (χ1v) is 6.45. The van der Waals surface area contributed by atoms with Gasteiger partial charge in [-0.15, -0.1) is 0 Å². The average Bonchev–Trinajstić information content (AvgIpc) is 2.47. The van der Waals surface area contributed by atoms with Crippen LogP contribution in [0.4, 0.5) is 0 Å². The Bertz CT molecular complexity index is 467. The molecule has 1 fully saturated rings. The van der Waals surface area contributed by atoms with Crippen molar-refractivity contribution in [1.82, 2.24) is 0 Å². The van der Waals surface area contributed by atoms with Crippen molar-refractivity contribution < 1.29 is 29.2 Å². The van der Waals surface area contributed by atoms with Gasteiger partial charge >= 0.3 is 5.97 Å². The molecule has 1 saturated heterocycles. The van der Waals surface area contributed by atoms with Gasteiger partial charge in [0.25, 0.3) is 0 Å². The molecule has 0 aliphatic carbocycles. The lowest BCUT2D eigenvalue weighted by Crippen LogP contribution is -2.29. The number of methoxy groups -OCH3 is 1. The molecular weight excluding hydrogens is 264 g/mol. The number of hydrogen-bond acceptors (Lipinski definition) is 5. The molecule has 0 saturated carbocycles. The molecule has 0 aromatic heterocycles. The maximum absolute atomic E-state index is 11.0. The highest BCUT2D eigenvalue weighted by Crippen LogP contribution is 2.36. The highest BCUT2D eigenvalue weighted by molar-refractivity contribution is 5.75. The van der Waals surface area contributed by atoms with Crippen LogP contribution >= 0.6 is 0 Å². The van der Waals surface area contributed by atoms with Crippen molar-refractivity contribution in [2.75, 3.05) is 20.3 Å². The second-order valence-electron chi connectivity index (χ2n) is 4.58. The summed E-state index contributed by atoms with van der Waals surface area (Å²) in [5, 5.41) is 18.7. The summed E-state index contributed by atoms with van der Waals surface area (Å²) in [7, 11) is 1.47. The molecule has 0 spiro atoms. The number of rotatable bonds is 5. The molecule has 1 aromatic carbocycles. The Labute approximate surface area is 116 Å². The Kier molecular flexibility index (Phi) is 4.81. The van der Waals surface area contributed by atoms with Crippen molar-refractivity contribution in [2.24, 2.45) is 0 Å². The van der Waals surface area contributed by atoms with E-state index in [-0.39, 0.29) is 17.4 Å². The number of ether oxygens (including phenoxy) is 3. The number of benzene rings is 1. The maximum Gasteiger partial charge on any atom is 0.337 e. The Morgan fingerprint density at radius 3 is 2.90 bits per heavy atom. The van der Waals surface area contributed by atoms with Crippen LogP contribution in [0.1, 0.15) is 24.5 Å². The summed E-state index contributed by atoms with van der Waals surface area (Å²) >= 11 is 0. The molecule has 2 rings (SSSR count). The largest absolute Gasteiger partial charge is 0.493 e. The fraction of sp³-hybridized carbons (Fsp3) is 0.500. The topological polar surface area (TPSA) is 85.2 Å². The third-order valence-electron chi connectivity index (χ3n) is 3.16. The fourth-order valence-corrected chi connectivity index (χ4v) is 2.14. The van der Waals surface area contributed by atoms with E-state index in [9.17, 15) is 9.90 Å². The zero-order valence-corrected chi connectivity index (χ0v) is 11.2. The SMILES string of the molecule is COc1cccc(C(O)C(=O)O)c1OC1CCCOC1. The number of hydrogen-bond donors (Lipinski definition) is 2. The van der Waals surface area contributed by atoms with E-state index >= 15 is 0 Å². The van der Waals surface area contributed by atoms with Crippen molar-refractivity contribution in [3.8, 4) is 11.5 Å². The van der Waals surface area contributed by atoms with Gasteiger partial charge in [-0.05, 0) is 18.9 Å². The third-order valence-corrected chi connectivity index (χ3v) is 3.16. The van der Waals surface area contributed by atoms with Crippen LogP contribution in [0, 0.1) is 0 Å². The van der Waals surface area contributed by atoms with Crippen molar-refractivity contribution >= 4 is 5.97 Å². The molecule has 6 nitrogen and oxygen atoms in total. The molecule has 1 heterocycles. The van der Waals surface area contributed by atoms with Crippen LogP contribution in [0.15, 0.2) is 18.2 Å². The molecule has 0 bridgehead atoms. The van der Waals surface area contributed by atoms with Gasteiger partial charge in [-0.25, -0.2) is 4.79 Å². The van der Waals surface area contributed by atoms with Gasteiger partial charge in [-0.3, -0.25) is 0 Å².